The zero-order valence-corrected chi connectivity index (χ0v) is 13.0. The Bertz CT molecular complexity index is 674. The van der Waals surface area contributed by atoms with Crippen LogP contribution in [0.15, 0.2) is 30.6 Å². The molecule has 0 radical (unpaired) electrons. The van der Waals surface area contributed by atoms with Crippen molar-refractivity contribution in [2.75, 3.05) is 16.8 Å². The van der Waals surface area contributed by atoms with Gasteiger partial charge in [-0.25, -0.2) is 15.0 Å². The number of aryl methyl sites for hydroxylation is 1. The molecule has 2 aromatic rings. The number of amides is 1. The molecule has 1 aliphatic heterocycles. The van der Waals surface area contributed by atoms with Crippen molar-refractivity contribution < 1.29 is 9.53 Å². The van der Waals surface area contributed by atoms with E-state index in [1.807, 2.05) is 18.7 Å². The Morgan fingerprint density at radius 2 is 2.27 bits per heavy atom. The molecule has 1 N–H and O–H groups in total. The van der Waals surface area contributed by atoms with Gasteiger partial charge in [0.25, 0.3) is 5.91 Å². The molecule has 0 aromatic carbocycles. The van der Waals surface area contributed by atoms with E-state index in [-0.39, 0.29) is 18.0 Å². The average Bonchev–Trinajstić information content (AvgIpc) is 3.01. The molecule has 2 aromatic heterocycles. The minimum Gasteiger partial charge on any atom is -0.473 e. The molecule has 3 heterocycles. The van der Waals surface area contributed by atoms with E-state index in [1.54, 1.807) is 30.6 Å². The Hall–Kier alpha value is -2.15. The molecule has 0 aliphatic carbocycles. The Balaban J connectivity index is 1.76. The van der Waals surface area contributed by atoms with Gasteiger partial charge in [0, 0.05) is 23.8 Å². The Kier molecular flexibility index (Phi) is 4.53. The zero-order valence-electron chi connectivity index (χ0n) is 12.2. The van der Waals surface area contributed by atoms with E-state index < -0.39 is 0 Å². The molecular weight excluding hydrogens is 300 g/mol. The molecule has 1 aliphatic rings. The summed E-state index contributed by atoms with van der Waals surface area (Å²) in [6.07, 6.45) is 4.32. The Morgan fingerprint density at radius 1 is 1.36 bits per heavy atom. The lowest BCUT2D eigenvalue weighted by molar-refractivity contribution is 0.101. The number of hydrogen-bond acceptors (Lipinski definition) is 6. The summed E-state index contributed by atoms with van der Waals surface area (Å²) in [7, 11) is 0. The van der Waals surface area contributed by atoms with Gasteiger partial charge in [0.05, 0.1) is 0 Å². The minimum atomic E-state index is -0.320. The second-order valence-corrected chi connectivity index (χ2v) is 6.09. The summed E-state index contributed by atoms with van der Waals surface area (Å²) in [5, 5.41) is 2.68. The summed E-state index contributed by atoms with van der Waals surface area (Å²) in [6, 6.07) is 5.17. The van der Waals surface area contributed by atoms with Gasteiger partial charge in [-0.1, -0.05) is 0 Å². The molecule has 0 spiro atoms. The number of nitrogens with zero attached hydrogens (tertiary/aromatic N) is 3. The van der Waals surface area contributed by atoms with Crippen LogP contribution in [0.3, 0.4) is 0 Å². The summed E-state index contributed by atoms with van der Waals surface area (Å²) in [4.78, 5) is 24.8. The molecule has 1 amide bonds. The quantitative estimate of drug-likeness (QED) is 0.933. The first-order valence-electron chi connectivity index (χ1n) is 7.03. The number of carbonyl (C=O) groups is 1. The summed E-state index contributed by atoms with van der Waals surface area (Å²) in [5.41, 5.74) is 1.18. The Labute approximate surface area is 132 Å². The number of aromatic nitrogens is 3. The van der Waals surface area contributed by atoms with Crippen molar-refractivity contribution in [3.63, 3.8) is 0 Å². The lowest BCUT2D eigenvalue weighted by Crippen LogP contribution is -2.20. The normalized spacial score (nSPS) is 17.2. The van der Waals surface area contributed by atoms with Gasteiger partial charge in [0.2, 0.25) is 11.8 Å². The molecule has 114 valence electrons. The maximum Gasteiger partial charge on any atom is 0.263 e. The standard InChI is InChI=1S/C15H16N4O2S/c1-10-4-7-17-15(18-10)19-13(20)12-3-2-6-16-14(12)21-11-5-8-22-9-11/h2-4,6-7,11H,5,8-9H2,1H3,(H,17,18,19,20). The lowest BCUT2D eigenvalue weighted by atomic mass is 10.2. The van der Waals surface area contributed by atoms with E-state index in [4.69, 9.17) is 4.74 Å². The molecule has 6 nitrogen and oxygen atoms in total. The predicted octanol–water partition coefficient (Wildman–Crippen LogP) is 2.32. The van der Waals surface area contributed by atoms with Gasteiger partial charge in [-0.05, 0) is 37.3 Å². The van der Waals surface area contributed by atoms with E-state index in [0.29, 0.717) is 11.4 Å². The summed E-state index contributed by atoms with van der Waals surface area (Å²) in [5.74, 6) is 2.32. The van der Waals surface area contributed by atoms with E-state index >= 15 is 0 Å². The highest BCUT2D eigenvalue weighted by molar-refractivity contribution is 7.99. The largest absolute Gasteiger partial charge is 0.473 e. The van der Waals surface area contributed by atoms with Crippen LogP contribution in [0.25, 0.3) is 0 Å². The number of carbonyl (C=O) groups excluding carboxylic acids is 1. The van der Waals surface area contributed by atoms with Crippen molar-refractivity contribution in [1.29, 1.82) is 0 Å². The molecule has 3 rings (SSSR count). The third kappa shape index (κ3) is 3.54. The van der Waals surface area contributed by atoms with Crippen molar-refractivity contribution in [2.45, 2.75) is 19.4 Å². The van der Waals surface area contributed by atoms with E-state index in [2.05, 4.69) is 20.3 Å². The van der Waals surface area contributed by atoms with Crippen LogP contribution < -0.4 is 10.1 Å². The topological polar surface area (TPSA) is 77.0 Å². The third-order valence-corrected chi connectivity index (χ3v) is 4.33. The maximum atomic E-state index is 12.4. The molecule has 1 unspecified atom stereocenters. The molecule has 22 heavy (non-hydrogen) atoms. The summed E-state index contributed by atoms with van der Waals surface area (Å²) >= 11 is 1.85. The summed E-state index contributed by atoms with van der Waals surface area (Å²) < 4.78 is 5.86. The number of rotatable bonds is 4. The van der Waals surface area contributed by atoms with Gasteiger partial charge in [-0.3, -0.25) is 10.1 Å². The third-order valence-electron chi connectivity index (χ3n) is 3.20. The van der Waals surface area contributed by atoms with Crippen LogP contribution in [-0.4, -0.2) is 38.5 Å². The van der Waals surface area contributed by atoms with Crippen molar-refractivity contribution in [2.24, 2.45) is 0 Å². The fourth-order valence-corrected chi connectivity index (χ4v) is 3.19. The predicted molar refractivity (Wildman–Crippen MR) is 85.3 cm³/mol. The molecule has 1 fully saturated rings. The van der Waals surface area contributed by atoms with Crippen LogP contribution in [0.2, 0.25) is 0 Å². The molecular formula is C15H16N4O2S. The zero-order chi connectivity index (χ0) is 15.4. The first-order valence-corrected chi connectivity index (χ1v) is 8.18. The molecule has 7 heteroatoms. The van der Waals surface area contributed by atoms with Gasteiger partial charge in [-0.2, -0.15) is 11.8 Å². The maximum absolute atomic E-state index is 12.4. The second-order valence-electron chi connectivity index (χ2n) is 4.94. The van der Waals surface area contributed by atoms with Crippen LogP contribution in [-0.2, 0) is 0 Å². The van der Waals surface area contributed by atoms with Crippen molar-refractivity contribution in [1.82, 2.24) is 15.0 Å². The Morgan fingerprint density at radius 3 is 3.05 bits per heavy atom. The van der Waals surface area contributed by atoms with Gasteiger partial charge in [0.1, 0.15) is 11.7 Å². The molecule has 1 atom stereocenters. The number of hydrogen-bond donors (Lipinski definition) is 1. The van der Waals surface area contributed by atoms with Crippen LogP contribution >= 0.6 is 11.8 Å². The van der Waals surface area contributed by atoms with E-state index in [1.165, 1.54) is 0 Å². The minimum absolute atomic E-state index is 0.113. The number of ether oxygens (including phenoxy) is 1. The van der Waals surface area contributed by atoms with Gasteiger partial charge < -0.3 is 4.74 Å². The van der Waals surface area contributed by atoms with Crippen LogP contribution in [0.4, 0.5) is 5.95 Å². The van der Waals surface area contributed by atoms with Gasteiger partial charge in [0.15, 0.2) is 0 Å². The number of anilines is 1. The van der Waals surface area contributed by atoms with Crippen LogP contribution in [0, 0.1) is 6.92 Å². The van der Waals surface area contributed by atoms with Crippen molar-refractivity contribution in [3.05, 3.63) is 41.9 Å². The lowest BCUT2D eigenvalue weighted by Gasteiger charge is -2.14. The highest BCUT2D eigenvalue weighted by Crippen LogP contribution is 2.24. The van der Waals surface area contributed by atoms with Gasteiger partial charge in [-0.15, -0.1) is 0 Å². The fraction of sp³-hybridized carbons (Fsp3) is 0.333. The second kappa shape index (κ2) is 6.74. The van der Waals surface area contributed by atoms with E-state index in [9.17, 15) is 4.79 Å². The fourth-order valence-electron chi connectivity index (χ4n) is 2.10. The van der Waals surface area contributed by atoms with Crippen LogP contribution in [0.5, 0.6) is 5.88 Å². The van der Waals surface area contributed by atoms with Crippen LogP contribution in [0.1, 0.15) is 22.5 Å². The average molecular weight is 316 g/mol. The first-order chi connectivity index (χ1) is 10.7. The highest BCUT2D eigenvalue weighted by Gasteiger charge is 2.21. The molecule has 0 bridgehead atoms. The number of pyridine rings is 1. The molecule has 0 saturated carbocycles. The number of thioether (sulfide) groups is 1. The molecule has 1 saturated heterocycles. The first kappa shape index (κ1) is 14.8. The highest BCUT2D eigenvalue weighted by atomic mass is 32.2. The van der Waals surface area contributed by atoms with Gasteiger partial charge >= 0.3 is 0 Å². The number of nitrogens with one attached hydrogen (secondary N) is 1. The van der Waals surface area contributed by atoms with Crippen molar-refractivity contribution >= 4 is 23.6 Å². The smallest absolute Gasteiger partial charge is 0.263 e. The summed E-state index contributed by atoms with van der Waals surface area (Å²) in [6.45, 7) is 1.84. The van der Waals surface area contributed by atoms with E-state index in [0.717, 1.165) is 23.6 Å². The SMILES string of the molecule is Cc1ccnc(NC(=O)c2cccnc2OC2CCSC2)n1. The van der Waals surface area contributed by atoms with Crippen molar-refractivity contribution in [3.8, 4) is 5.88 Å². The monoisotopic (exact) mass is 316 g/mol.